The van der Waals surface area contributed by atoms with Crippen molar-refractivity contribution in [3.63, 3.8) is 0 Å². The van der Waals surface area contributed by atoms with Crippen molar-refractivity contribution in [2.45, 2.75) is 26.1 Å². The number of aromatic amines is 1. The third-order valence-corrected chi connectivity index (χ3v) is 3.92. The summed E-state index contributed by atoms with van der Waals surface area (Å²) in [5.74, 6) is -0.0840. The third-order valence-electron chi connectivity index (χ3n) is 3.92. The predicted molar refractivity (Wildman–Crippen MR) is 82.9 cm³/mol. The first-order valence-electron chi connectivity index (χ1n) is 7.60. The highest BCUT2D eigenvalue weighted by Gasteiger charge is 2.23. The lowest BCUT2D eigenvalue weighted by Crippen LogP contribution is -2.29. The lowest BCUT2D eigenvalue weighted by molar-refractivity contribution is -0.0498. The van der Waals surface area contributed by atoms with Gasteiger partial charge in [0.25, 0.3) is 5.91 Å². The number of alkyl halides is 2. The summed E-state index contributed by atoms with van der Waals surface area (Å²) in [5, 5.41) is 10.3. The van der Waals surface area contributed by atoms with Crippen molar-refractivity contribution in [2.75, 3.05) is 13.6 Å². The van der Waals surface area contributed by atoms with Gasteiger partial charge in [-0.3, -0.25) is 9.89 Å². The Morgan fingerprint density at radius 2 is 2.12 bits per heavy atom. The fraction of sp³-hybridized carbons (Fsp3) is 0.375. The van der Waals surface area contributed by atoms with Crippen LogP contribution in [-0.2, 0) is 19.5 Å². The van der Waals surface area contributed by atoms with Crippen LogP contribution in [0.15, 0.2) is 24.3 Å². The molecule has 2 heterocycles. The molecule has 128 valence electrons. The molecule has 1 aromatic carbocycles. The first-order chi connectivity index (χ1) is 11.5. The summed E-state index contributed by atoms with van der Waals surface area (Å²) < 4.78 is 28.6. The Morgan fingerprint density at radius 3 is 2.83 bits per heavy atom. The average molecular weight is 336 g/mol. The van der Waals surface area contributed by atoms with Gasteiger partial charge < -0.3 is 15.0 Å². The van der Waals surface area contributed by atoms with Crippen LogP contribution >= 0.6 is 0 Å². The second-order valence-corrected chi connectivity index (χ2v) is 5.64. The molecule has 0 saturated heterocycles. The van der Waals surface area contributed by atoms with E-state index in [1.807, 2.05) is 0 Å². The van der Waals surface area contributed by atoms with Gasteiger partial charge in [-0.15, -0.1) is 0 Å². The van der Waals surface area contributed by atoms with Crippen molar-refractivity contribution >= 4 is 5.91 Å². The van der Waals surface area contributed by atoms with Crippen LogP contribution in [0.5, 0.6) is 5.75 Å². The van der Waals surface area contributed by atoms with Crippen LogP contribution in [0.1, 0.15) is 27.3 Å². The molecule has 6 nitrogen and oxygen atoms in total. The number of benzene rings is 1. The van der Waals surface area contributed by atoms with Crippen LogP contribution < -0.4 is 10.1 Å². The smallest absolute Gasteiger partial charge is 0.387 e. The van der Waals surface area contributed by atoms with Crippen LogP contribution in [0, 0.1) is 0 Å². The number of rotatable bonds is 5. The summed E-state index contributed by atoms with van der Waals surface area (Å²) in [6.45, 7) is -1.01. The number of nitrogens with zero attached hydrogens (tertiary/aromatic N) is 2. The first kappa shape index (κ1) is 16.4. The molecule has 2 N–H and O–H groups in total. The Morgan fingerprint density at radius 1 is 1.38 bits per heavy atom. The van der Waals surface area contributed by atoms with E-state index in [0.717, 1.165) is 29.8 Å². The SMILES string of the molecule is CN(Cc1ccc(OC(F)F)cc1)C(=O)c1n[nH]c2c1CNCC2. The van der Waals surface area contributed by atoms with Gasteiger partial charge in [-0.1, -0.05) is 12.1 Å². The van der Waals surface area contributed by atoms with Crippen LogP contribution in [0.3, 0.4) is 0 Å². The third kappa shape index (κ3) is 3.53. The second kappa shape index (κ2) is 6.96. The molecule has 0 saturated carbocycles. The maximum Gasteiger partial charge on any atom is 0.387 e. The minimum atomic E-state index is -2.85. The number of aromatic nitrogens is 2. The molecular weight excluding hydrogens is 318 g/mol. The summed E-state index contributed by atoms with van der Waals surface area (Å²) in [4.78, 5) is 14.1. The number of fused-ring (bicyclic) bond motifs is 1. The van der Waals surface area contributed by atoms with Crippen molar-refractivity contribution in [3.05, 3.63) is 46.8 Å². The van der Waals surface area contributed by atoms with Gasteiger partial charge in [-0.05, 0) is 17.7 Å². The molecule has 0 fully saturated rings. The molecular formula is C16H18F2N4O2. The molecule has 0 aliphatic carbocycles. The fourth-order valence-corrected chi connectivity index (χ4v) is 2.70. The number of carbonyl (C=O) groups is 1. The maximum absolute atomic E-state index is 12.6. The molecule has 24 heavy (non-hydrogen) atoms. The van der Waals surface area contributed by atoms with E-state index in [2.05, 4.69) is 20.3 Å². The van der Waals surface area contributed by atoms with E-state index in [4.69, 9.17) is 0 Å². The van der Waals surface area contributed by atoms with E-state index in [1.54, 1.807) is 24.1 Å². The molecule has 0 atom stereocenters. The molecule has 2 aromatic rings. The molecule has 1 amide bonds. The lowest BCUT2D eigenvalue weighted by atomic mass is 10.1. The van der Waals surface area contributed by atoms with Crippen molar-refractivity contribution in [2.24, 2.45) is 0 Å². The molecule has 1 aliphatic heterocycles. The monoisotopic (exact) mass is 336 g/mol. The van der Waals surface area contributed by atoms with E-state index in [0.29, 0.717) is 18.8 Å². The van der Waals surface area contributed by atoms with Crippen molar-refractivity contribution in [1.82, 2.24) is 20.4 Å². The number of nitrogens with one attached hydrogen (secondary N) is 2. The first-order valence-corrected chi connectivity index (χ1v) is 7.60. The van der Waals surface area contributed by atoms with Crippen LogP contribution in [-0.4, -0.2) is 41.2 Å². The maximum atomic E-state index is 12.6. The number of halogens is 2. The van der Waals surface area contributed by atoms with E-state index in [9.17, 15) is 13.6 Å². The summed E-state index contributed by atoms with van der Waals surface area (Å²) in [5.41, 5.74) is 3.16. The summed E-state index contributed by atoms with van der Waals surface area (Å²) in [7, 11) is 1.68. The Balaban J connectivity index is 1.67. The van der Waals surface area contributed by atoms with Gasteiger partial charge in [0.2, 0.25) is 0 Å². The Labute approximate surface area is 137 Å². The minimum Gasteiger partial charge on any atom is -0.435 e. The van der Waals surface area contributed by atoms with Gasteiger partial charge in [0.05, 0.1) is 0 Å². The van der Waals surface area contributed by atoms with Crippen molar-refractivity contribution < 1.29 is 18.3 Å². The van der Waals surface area contributed by atoms with E-state index in [-0.39, 0.29) is 11.7 Å². The number of ether oxygens (including phenoxy) is 1. The zero-order chi connectivity index (χ0) is 17.1. The van der Waals surface area contributed by atoms with Gasteiger partial charge in [0.1, 0.15) is 5.75 Å². The van der Waals surface area contributed by atoms with Crippen molar-refractivity contribution in [3.8, 4) is 5.75 Å². The number of hydrogen-bond acceptors (Lipinski definition) is 4. The molecule has 0 radical (unpaired) electrons. The van der Waals surface area contributed by atoms with Crippen LogP contribution in [0.25, 0.3) is 0 Å². The van der Waals surface area contributed by atoms with Gasteiger partial charge in [-0.2, -0.15) is 13.9 Å². The molecule has 8 heteroatoms. The Bertz CT molecular complexity index is 715. The average Bonchev–Trinajstić information content (AvgIpc) is 2.99. The van der Waals surface area contributed by atoms with E-state index in [1.165, 1.54) is 12.1 Å². The molecule has 0 unspecified atom stereocenters. The van der Waals surface area contributed by atoms with Crippen molar-refractivity contribution in [1.29, 1.82) is 0 Å². The molecule has 1 aromatic heterocycles. The van der Waals surface area contributed by atoms with Crippen LogP contribution in [0.2, 0.25) is 0 Å². The summed E-state index contributed by atoms with van der Waals surface area (Å²) in [6, 6.07) is 6.23. The standard InChI is InChI=1S/C16H18F2N4O2/c1-22(9-10-2-4-11(5-3-10)24-16(17)18)15(23)14-12-8-19-7-6-13(12)20-21-14/h2-5,16,19H,6-9H2,1H3,(H,20,21). The number of hydrogen-bond donors (Lipinski definition) is 2. The summed E-state index contributed by atoms with van der Waals surface area (Å²) in [6.07, 6.45) is 0.824. The van der Waals surface area contributed by atoms with Gasteiger partial charge >= 0.3 is 6.61 Å². The largest absolute Gasteiger partial charge is 0.435 e. The topological polar surface area (TPSA) is 70.2 Å². The predicted octanol–water partition coefficient (Wildman–Crippen LogP) is 1.93. The highest BCUT2D eigenvalue weighted by atomic mass is 19.3. The Kier molecular flexibility index (Phi) is 4.75. The van der Waals surface area contributed by atoms with Gasteiger partial charge in [0, 0.05) is 44.4 Å². The zero-order valence-corrected chi connectivity index (χ0v) is 13.2. The highest BCUT2D eigenvalue weighted by molar-refractivity contribution is 5.93. The quantitative estimate of drug-likeness (QED) is 0.875. The lowest BCUT2D eigenvalue weighted by Gasteiger charge is -2.18. The number of H-pyrrole nitrogens is 1. The number of amides is 1. The highest BCUT2D eigenvalue weighted by Crippen LogP contribution is 2.19. The molecule has 0 spiro atoms. The molecule has 1 aliphatic rings. The number of carbonyl (C=O) groups excluding carboxylic acids is 1. The summed E-state index contributed by atoms with van der Waals surface area (Å²) >= 11 is 0. The molecule has 0 bridgehead atoms. The normalized spacial score (nSPS) is 13.7. The van der Waals surface area contributed by atoms with Gasteiger partial charge in [-0.25, -0.2) is 0 Å². The fourth-order valence-electron chi connectivity index (χ4n) is 2.70. The van der Waals surface area contributed by atoms with Crippen LogP contribution in [0.4, 0.5) is 8.78 Å². The van der Waals surface area contributed by atoms with E-state index >= 15 is 0 Å². The minimum absolute atomic E-state index is 0.0928. The van der Waals surface area contributed by atoms with Gasteiger partial charge in [0.15, 0.2) is 5.69 Å². The van der Waals surface area contributed by atoms with E-state index < -0.39 is 6.61 Å². The Hall–Kier alpha value is -2.48. The second-order valence-electron chi connectivity index (χ2n) is 5.64. The zero-order valence-electron chi connectivity index (χ0n) is 13.2. The molecule has 3 rings (SSSR count).